The normalized spacial score (nSPS) is 13.4. The molecule has 1 atom stereocenters. The van der Waals surface area contributed by atoms with Crippen molar-refractivity contribution in [3.8, 4) is 0 Å². The molecule has 0 aromatic carbocycles. The fourth-order valence-electron chi connectivity index (χ4n) is 1.96. The summed E-state index contributed by atoms with van der Waals surface area (Å²) in [5, 5.41) is 5.24. The predicted octanol–water partition coefficient (Wildman–Crippen LogP) is 4.17. The number of aromatic nitrogens is 1. The van der Waals surface area contributed by atoms with E-state index in [1.807, 2.05) is 25.3 Å². The zero-order valence-electron chi connectivity index (χ0n) is 11.2. The van der Waals surface area contributed by atoms with Crippen molar-refractivity contribution < 1.29 is 13.2 Å². The van der Waals surface area contributed by atoms with E-state index in [4.69, 9.17) is 0 Å². The largest absolute Gasteiger partial charge is 0.417 e. The maximum atomic E-state index is 12.6. The third-order valence-corrected chi connectivity index (χ3v) is 4.07. The van der Waals surface area contributed by atoms with Crippen LogP contribution in [0.5, 0.6) is 0 Å². The van der Waals surface area contributed by atoms with E-state index in [-0.39, 0.29) is 6.04 Å². The average molecular weight is 300 g/mol. The molecular weight excluding hydrogens is 285 g/mol. The molecule has 2 aromatic heterocycles. The number of nitrogens with one attached hydrogen (secondary N) is 1. The molecule has 0 fully saturated rings. The summed E-state index contributed by atoms with van der Waals surface area (Å²) in [6.07, 6.45) is -3.46. The first kappa shape index (κ1) is 15.0. The van der Waals surface area contributed by atoms with Gasteiger partial charge in [0, 0.05) is 11.1 Å². The highest BCUT2D eigenvalue weighted by Gasteiger charge is 2.31. The van der Waals surface area contributed by atoms with Gasteiger partial charge in [0.2, 0.25) is 0 Å². The van der Waals surface area contributed by atoms with Crippen molar-refractivity contribution in [2.45, 2.75) is 26.1 Å². The van der Waals surface area contributed by atoms with Crippen LogP contribution in [0.25, 0.3) is 0 Å². The Balaban J connectivity index is 2.33. The van der Waals surface area contributed by atoms with Crippen LogP contribution in [0.2, 0.25) is 0 Å². The molecule has 1 N–H and O–H groups in total. The van der Waals surface area contributed by atoms with E-state index in [0.717, 1.165) is 22.7 Å². The summed E-state index contributed by atoms with van der Waals surface area (Å²) in [5.74, 6) is 0. The van der Waals surface area contributed by atoms with Gasteiger partial charge in [0.25, 0.3) is 0 Å². The minimum Gasteiger partial charge on any atom is -0.305 e. The van der Waals surface area contributed by atoms with Crippen molar-refractivity contribution in [2.24, 2.45) is 0 Å². The highest BCUT2D eigenvalue weighted by atomic mass is 32.1. The monoisotopic (exact) mass is 300 g/mol. The van der Waals surface area contributed by atoms with Crippen LogP contribution in [-0.4, -0.2) is 11.5 Å². The number of aryl methyl sites for hydroxylation is 1. The quantitative estimate of drug-likeness (QED) is 0.916. The molecule has 0 spiro atoms. The highest BCUT2D eigenvalue weighted by Crippen LogP contribution is 2.31. The summed E-state index contributed by atoms with van der Waals surface area (Å²) in [6, 6.07) is 4.35. The zero-order chi connectivity index (χ0) is 14.8. The van der Waals surface area contributed by atoms with Crippen LogP contribution in [0.1, 0.15) is 34.7 Å². The van der Waals surface area contributed by atoms with Crippen molar-refractivity contribution in [3.63, 3.8) is 0 Å². The lowest BCUT2D eigenvalue weighted by molar-refractivity contribution is -0.137. The molecule has 0 amide bonds. The number of alkyl halides is 3. The van der Waals surface area contributed by atoms with Crippen LogP contribution in [0, 0.1) is 6.92 Å². The molecule has 0 radical (unpaired) electrons. The van der Waals surface area contributed by atoms with Crippen molar-refractivity contribution in [3.05, 3.63) is 51.5 Å². The fourth-order valence-corrected chi connectivity index (χ4v) is 2.97. The summed E-state index contributed by atoms with van der Waals surface area (Å²) in [7, 11) is 0. The third-order valence-electron chi connectivity index (χ3n) is 2.98. The Kier molecular flexibility index (Phi) is 4.45. The number of rotatable bonds is 4. The van der Waals surface area contributed by atoms with Gasteiger partial charge in [-0.3, -0.25) is 4.98 Å². The Morgan fingerprint density at radius 1 is 1.30 bits per heavy atom. The van der Waals surface area contributed by atoms with Crippen molar-refractivity contribution >= 4 is 11.3 Å². The summed E-state index contributed by atoms with van der Waals surface area (Å²) in [5.41, 5.74) is 0.993. The topological polar surface area (TPSA) is 24.9 Å². The van der Waals surface area contributed by atoms with E-state index >= 15 is 0 Å². The van der Waals surface area contributed by atoms with Gasteiger partial charge in [-0.1, -0.05) is 6.92 Å². The Labute approximate surface area is 119 Å². The van der Waals surface area contributed by atoms with E-state index < -0.39 is 11.7 Å². The second-order valence-corrected chi connectivity index (χ2v) is 5.38. The Hall–Kier alpha value is -1.40. The summed E-state index contributed by atoms with van der Waals surface area (Å²) in [4.78, 5) is 5.07. The molecule has 2 nitrogen and oxygen atoms in total. The fraction of sp³-hybridized carbons (Fsp3) is 0.357. The molecule has 1 unspecified atom stereocenters. The molecule has 0 saturated heterocycles. The molecule has 108 valence electrons. The van der Waals surface area contributed by atoms with Gasteiger partial charge < -0.3 is 5.32 Å². The number of hydrogen-bond donors (Lipinski definition) is 1. The van der Waals surface area contributed by atoms with Gasteiger partial charge in [-0.25, -0.2) is 0 Å². The zero-order valence-corrected chi connectivity index (χ0v) is 12.0. The smallest absolute Gasteiger partial charge is 0.305 e. The Bertz CT molecular complexity index is 561. The van der Waals surface area contributed by atoms with Crippen molar-refractivity contribution in [1.82, 2.24) is 10.3 Å². The maximum absolute atomic E-state index is 12.6. The van der Waals surface area contributed by atoms with Gasteiger partial charge in [0.05, 0.1) is 17.3 Å². The van der Waals surface area contributed by atoms with Crippen LogP contribution in [-0.2, 0) is 6.18 Å². The van der Waals surface area contributed by atoms with Gasteiger partial charge in [-0.05, 0) is 42.6 Å². The van der Waals surface area contributed by atoms with Crippen LogP contribution < -0.4 is 5.32 Å². The lowest BCUT2D eigenvalue weighted by Gasteiger charge is -2.18. The molecule has 2 aromatic rings. The molecule has 20 heavy (non-hydrogen) atoms. The highest BCUT2D eigenvalue weighted by molar-refractivity contribution is 7.10. The van der Waals surface area contributed by atoms with Gasteiger partial charge in [0.1, 0.15) is 0 Å². The van der Waals surface area contributed by atoms with Gasteiger partial charge in [-0.15, -0.1) is 11.3 Å². The van der Waals surface area contributed by atoms with E-state index in [0.29, 0.717) is 12.2 Å². The van der Waals surface area contributed by atoms with E-state index in [2.05, 4.69) is 10.3 Å². The minimum absolute atomic E-state index is 0.165. The SMILES string of the molecule is CCNC(c1ccc(C(F)(F)F)cn1)c1sccc1C. The molecule has 6 heteroatoms. The number of halogens is 3. The van der Waals surface area contributed by atoms with Crippen molar-refractivity contribution in [1.29, 1.82) is 0 Å². The van der Waals surface area contributed by atoms with E-state index in [1.165, 1.54) is 6.07 Å². The van der Waals surface area contributed by atoms with E-state index in [1.54, 1.807) is 11.3 Å². The van der Waals surface area contributed by atoms with Gasteiger partial charge in [-0.2, -0.15) is 13.2 Å². The predicted molar refractivity (Wildman–Crippen MR) is 73.8 cm³/mol. The third kappa shape index (κ3) is 3.19. The molecule has 2 rings (SSSR count). The van der Waals surface area contributed by atoms with Gasteiger partial charge >= 0.3 is 6.18 Å². The Morgan fingerprint density at radius 3 is 2.50 bits per heavy atom. The maximum Gasteiger partial charge on any atom is 0.417 e. The standard InChI is InChI=1S/C14H15F3N2S/c1-3-18-12(13-9(2)6-7-20-13)11-5-4-10(8-19-11)14(15,16)17/h4-8,12,18H,3H2,1-2H3. The lowest BCUT2D eigenvalue weighted by Crippen LogP contribution is -2.23. The molecule has 0 aliphatic rings. The summed E-state index contributed by atoms with van der Waals surface area (Å²) in [6.45, 7) is 4.66. The van der Waals surface area contributed by atoms with Crippen molar-refractivity contribution in [2.75, 3.05) is 6.54 Å². The first-order valence-corrected chi connectivity index (χ1v) is 7.12. The molecule has 2 heterocycles. The first-order chi connectivity index (χ1) is 9.43. The minimum atomic E-state index is -4.35. The molecule has 0 bridgehead atoms. The van der Waals surface area contributed by atoms with E-state index in [9.17, 15) is 13.2 Å². The van der Waals surface area contributed by atoms with Crippen LogP contribution in [0.3, 0.4) is 0 Å². The molecule has 0 saturated carbocycles. The molecule has 0 aliphatic heterocycles. The van der Waals surface area contributed by atoms with Crippen LogP contribution >= 0.6 is 11.3 Å². The lowest BCUT2D eigenvalue weighted by atomic mass is 10.1. The number of nitrogens with zero attached hydrogens (tertiary/aromatic N) is 1. The first-order valence-electron chi connectivity index (χ1n) is 6.24. The second kappa shape index (κ2) is 5.93. The number of hydrogen-bond acceptors (Lipinski definition) is 3. The number of thiophene rings is 1. The molecule has 0 aliphatic carbocycles. The second-order valence-electron chi connectivity index (χ2n) is 4.43. The molecular formula is C14H15F3N2S. The summed E-state index contributed by atoms with van der Waals surface area (Å²) >= 11 is 1.58. The van der Waals surface area contributed by atoms with Crippen LogP contribution in [0.15, 0.2) is 29.8 Å². The Morgan fingerprint density at radius 2 is 2.05 bits per heavy atom. The van der Waals surface area contributed by atoms with Gasteiger partial charge in [0.15, 0.2) is 0 Å². The summed E-state index contributed by atoms with van der Waals surface area (Å²) < 4.78 is 37.7. The number of pyridine rings is 1. The average Bonchev–Trinajstić information content (AvgIpc) is 2.81. The van der Waals surface area contributed by atoms with Crippen LogP contribution in [0.4, 0.5) is 13.2 Å².